The van der Waals surface area contributed by atoms with Crippen LogP contribution in [0.5, 0.6) is 5.75 Å². The van der Waals surface area contributed by atoms with Gasteiger partial charge in [-0.05, 0) is 78.4 Å². The third-order valence-electron chi connectivity index (χ3n) is 10.3. The lowest BCUT2D eigenvalue weighted by Gasteiger charge is -2.31. The van der Waals surface area contributed by atoms with E-state index in [1.165, 1.54) is 37.3 Å². The van der Waals surface area contributed by atoms with Gasteiger partial charge >= 0.3 is 0 Å². The Bertz CT molecular complexity index is 2390. The third kappa shape index (κ3) is 14.0. The summed E-state index contributed by atoms with van der Waals surface area (Å²) < 4.78 is 31.7. The number of ether oxygens (including phenoxy) is 1. The molecular formula is C47H54N6O8S. The van der Waals surface area contributed by atoms with E-state index in [4.69, 9.17) is 4.74 Å². The maximum Gasteiger partial charge on any atom is 0.251 e. The van der Waals surface area contributed by atoms with Gasteiger partial charge in [0.2, 0.25) is 21.8 Å². The number of carbonyl (C=O) groups is 4. The van der Waals surface area contributed by atoms with Crippen molar-refractivity contribution >= 4 is 39.3 Å². The van der Waals surface area contributed by atoms with Gasteiger partial charge in [0, 0.05) is 63.0 Å². The average Bonchev–Trinajstić information content (AvgIpc) is 3.28. The first-order valence-electron chi connectivity index (χ1n) is 20.2. The molecule has 0 saturated heterocycles. The van der Waals surface area contributed by atoms with Crippen molar-refractivity contribution in [1.29, 1.82) is 0 Å². The molecule has 4 N–H and O–H groups in total. The summed E-state index contributed by atoms with van der Waals surface area (Å²) in [6.07, 6.45) is 3.55. The highest BCUT2D eigenvalue weighted by Gasteiger charge is 2.28. The van der Waals surface area contributed by atoms with Crippen LogP contribution in [0.3, 0.4) is 0 Å². The maximum absolute atomic E-state index is 14.3. The Morgan fingerprint density at radius 1 is 0.790 bits per heavy atom. The van der Waals surface area contributed by atoms with E-state index in [0.29, 0.717) is 12.3 Å². The van der Waals surface area contributed by atoms with Gasteiger partial charge in [0.25, 0.3) is 11.8 Å². The molecule has 0 radical (unpaired) electrons. The van der Waals surface area contributed by atoms with Gasteiger partial charge in [0.1, 0.15) is 5.75 Å². The topological polar surface area (TPSA) is 187 Å². The van der Waals surface area contributed by atoms with Gasteiger partial charge in [-0.25, -0.2) is 8.42 Å². The van der Waals surface area contributed by atoms with Crippen molar-refractivity contribution in [2.45, 2.75) is 63.9 Å². The van der Waals surface area contributed by atoms with E-state index in [-0.39, 0.29) is 67.4 Å². The molecule has 1 aromatic heterocycles. The minimum Gasteiger partial charge on any atom is -0.497 e. The number of nitrogens with zero attached hydrogens (tertiary/aromatic N) is 3. The molecule has 0 unspecified atom stereocenters. The molecule has 0 saturated carbocycles. The van der Waals surface area contributed by atoms with Crippen molar-refractivity contribution in [3.05, 3.63) is 161 Å². The Morgan fingerprint density at radius 2 is 1.44 bits per heavy atom. The van der Waals surface area contributed by atoms with Gasteiger partial charge in [-0.1, -0.05) is 78.9 Å². The monoisotopic (exact) mass is 862 g/mol. The smallest absolute Gasteiger partial charge is 0.251 e. The van der Waals surface area contributed by atoms with E-state index < -0.39 is 40.0 Å². The number of sulfonamides is 1. The van der Waals surface area contributed by atoms with Crippen LogP contribution in [0.2, 0.25) is 0 Å². The van der Waals surface area contributed by atoms with Crippen molar-refractivity contribution in [1.82, 2.24) is 25.8 Å². The maximum atomic E-state index is 14.3. The zero-order valence-corrected chi connectivity index (χ0v) is 36.2. The van der Waals surface area contributed by atoms with Crippen molar-refractivity contribution in [3.8, 4) is 5.75 Å². The summed E-state index contributed by atoms with van der Waals surface area (Å²) in [6.45, 7) is 2.03. The molecule has 62 heavy (non-hydrogen) atoms. The normalized spacial score (nSPS) is 12.6. The van der Waals surface area contributed by atoms with Gasteiger partial charge in [-0.15, -0.1) is 0 Å². The summed E-state index contributed by atoms with van der Waals surface area (Å²) in [7, 11) is -0.938. The molecule has 3 atom stereocenters. The first kappa shape index (κ1) is 46.5. The zero-order valence-electron chi connectivity index (χ0n) is 35.4. The number of amides is 4. The first-order chi connectivity index (χ1) is 29.7. The number of aliphatic hydroxyl groups is 1. The SMILES string of the molecule is COc1cccc(CN(C[C@@H](O)[C@H](Cc2ccccc2)NC(=O)c2cc(C(=O)N[C@H](C)c3ccccc3)cc(N(C)S(C)(=O)=O)c2)C(=O)CCCC(=O)NCc2cccnc2)c1. The minimum atomic E-state index is -3.80. The number of benzene rings is 4. The molecule has 0 spiro atoms. The summed E-state index contributed by atoms with van der Waals surface area (Å²) in [5.41, 5.74) is 3.34. The molecule has 4 amide bonds. The number of nitrogens with one attached hydrogen (secondary N) is 3. The predicted octanol–water partition coefficient (Wildman–Crippen LogP) is 5.19. The fraction of sp³-hybridized carbons (Fsp3) is 0.298. The van der Waals surface area contributed by atoms with Crippen molar-refractivity contribution < 1.29 is 37.4 Å². The number of anilines is 1. The van der Waals surface area contributed by atoms with Gasteiger partial charge < -0.3 is 30.7 Å². The number of hydrogen-bond donors (Lipinski definition) is 4. The zero-order chi connectivity index (χ0) is 44.6. The van der Waals surface area contributed by atoms with Crippen LogP contribution in [-0.4, -0.2) is 86.1 Å². The quantitative estimate of drug-likeness (QED) is 0.0770. The van der Waals surface area contributed by atoms with E-state index in [9.17, 15) is 32.7 Å². The van der Waals surface area contributed by atoms with Crippen LogP contribution >= 0.6 is 0 Å². The van der Waals surface area contributed by atoms with Crippen molar-refractivity contribution in [3.63, 3.8) is 0 Å². The Morgan fingerprint density at radius 3 is 2.08 bits per heavy atom. The molecule has 14 nitrogen and oxygen atoms in total. The number of hydrogen-bond acceptors (Lipinski definition) is 9. The van der Waals surface area contributed by atoms with Crippen LogP contribution in [0.4, 0.5) is 5.69 Å². The van der Waals surface area contributed by atoms with Crippen LogP contribution in [0.15, 0.2) is 128 Å². The van der Waals surface area contributed by atoms with Crippen molar-refractivity contribution in [2.24, 2.45) is 0 Å². The lowest BCUT2D eigenvalue weighted by atomic mass is 9.99. The molecule has 0 aliphatic rings. The van der Waals surface area contributed by atoms with Crippen LogP contribution in [0.25, 0.3) is 0 Å². The van der Waals surface area contributed by atoms with E-state index >= 15 is 0 Å². The number of aromatic nitrogens is 1. The number of aliphatic hydroxyl groups excluding tert-OH is 1. The molecule has 1 heterocycles. The Hall–Kier alpha value is -6.58. The molecule has 15 heteroatoms. The van der Waals surface area contributed by atoms with Crippen LogP contribution in [-0.2, 0) is 39.1 Å². The lowest BCUT2D eigenvalue weighted by Crippen LogP contribution is -2.50. The van der Waals surface area contributed by atoms with E-state index in [1.807, 2.05) is 79.7 Å². The van der Waals surface area contributed by atoms with Gasteiger partial charge in [0.15, 0.2) is 0 Å². The minimum absolute atomic E-state index is 0.0150. The van der Waals surface area contributed by atoms with Gasteiger partial charge in [0.05, 0.1) is 37.2 Å². The molecule has 5 aromatic rings. The standard InChI is InChI=1S/C47H54N6O8S/c1-33(37-18-9-6-10-19-37)50-46(57)38-26-39(28-40(27-38)52(2)62(4,59)60)47(58)51-42(25-34-14-7-5-8-15-34)43(54)32-53(31-35-16-11-20-41(24-35)61-3)45(56)22-12-21-44(55)49-30-36-17-13-23-48-29-36/h5-11,13-20,23-24,26-29,33,42-43,54H,12,21-22,25,30-32H2,1-4H3,(H,49,55)(H,50,57)(H,51,58)/t33-,42+,43-/m1/s1. The molecule has 0 fully saturated rings. The number of carbonyl (C=O) groups excluding carboxylic acids is 4. The number of pyridine rings is 1. The average molecular weight is 863 g/mol. The molecule has 5 rings (SSSR count). The molecule has 0 aliphatic carbocycles. The van der Waals surface area contributed by atoms with Crippen LogP contribution in [0, 0.1) is 0 Å². The Labute approximate surface area is 363 Å². The highest BCUT2D eigenvalue weighted by Crippen LogP contribution is 2.23. The summed E-state index contributed by atoms with van der Waals surface area (Å²) in [5, 5.41) is 20.7. The van der Waals surface area contributed by atoms with Crippen molar-refractivity contribution in [2.75, 3.05) is 31.3 Å². The Balaban J connectivity index is 1.39. The Kier molecular flexibility index (Phi) is 16.7. The van der Waals surface area contributed by atoms with Crippen LogP contribution < -0.4 is 25.0 Å². The fourth-order valence-corrected chi connectivity index (χ4v) is 7.19. The predicted molar refractivity (Wildman–Crippen MR) is 238 cm³/mol. The lowest BCUT2D eigenvalue weighted by molar-refractivity contribution is -0.133. The highest BCUT2D eigenvalue weighted by molar-refractivity contribution is 7.92. The molecule has 326 valence electrons. The molecule has 0 bridgehead atoms. The first-order valence-corrected chi connectivity index (χ1v) is 22.1. The largest absolute Gasteiger partial charge is 0.497 e. The highest BCUT2D eigenvalue weighted by atomic mass is 32.2. The second-order valence-corrected chi connectivity index (χ2v) is 17.1. The van der Waals surface area contributed by atoms with Gasteiger partial charge in [-0.3, -0.25) is 28.5 Å². The summed E-state index contributed by atoms with van der Waals surface area (Å²) in [4.78, 5) is 60.1. The summed E-state index contributed by atoms with van der Waals surface area (Å²) in [6, 6.07) is 32.1. The van der Waals surface area contributed by atoms with Gasteiger partial charge in [-0.2, -0.15) is 0 Å². The number of rotatable bonds is 21. The van der Waals surface area contributed by atoms with E-state index in [2.05, 4.69) is 20.9 Å². The van der Waals surface area contributed by atoms with E-state index in [1.54, 1.807) is 36.7 Å². The second-order valence-electron chi connectivity index (χ2n) is 15.1. The third-order valence-corrected chi connectivity index (χ3v) is 11.5. The fourth-order valence-electron chi connectivity index (χ4n) is 6.70. The number of methoxy groups -OCH3 is 1. The van der Waals surface area contributed by atoms with Crippen LogP contribution in [0.1, 0.15) is 75.2 Å². The second kappa shape index (κ2) is 22.3. The summed E-state index contributed by atoms with van der Waals surface area (Å²) >= 11 is 0. The molecule has 4 aromatic carbocycles. The molecule has 0 aliphatic heterocycles. The summed E-state index contributed by atoms with van der Waals surface area (Å²) in [5.74, 6) is -1.15. The molecular weight excluding hydrogens is 809 g/mol. The van der Waals surface area contributed by atoms with E-state index in [0.717, 1.165) is 32.8 Å².